The topological polar surface area (TPSA) is 62.1 Å². The van der Waals surface area contributed by atoms with Gasteiger partial charge in [-0.15, -0.1) is 0 Å². The molecule has 0 unspecified atom stereocenters. The van der Waals surface area contributed by atoms with E-state index in [1.807, 2.05) is 32.9 Å². The molecule has 0 saturated heterocycles. The van der Waals surface area contributed by atoms with Crippen molar-refractivity contribution in [2.45, 2.75) is 45.0 Å². The number of rotatable bonds is 5. The van der Waals surface area contributed by atoms with Crippen LogP contribution in [0.15, 0.2) is 53.6 Å². The summed E-state index contributed by atoms with van der Waals surface area (Å²) in [6.07, 6.45) is -5.94. The Labute approximate surface area is 172 Å². The number of halogens is 3. The molecule has 160 valence electrons. The smallest absolute Gasteiger partial charge is 0.438 e. The first-order chi connectivity index (χ1) is 14.0. The van der Waals surface area contributed by atoms with E-state index >= 15 is 0 Å². The molecule has 1 heterocycles. The number of aliphatic hydroxyl groups is 1. The van der Waals surface area contributed by atoms with E-state index in [-0.39, 0.29) is 16.6 Å². The van der Waals surface area contributed by atoms with Crippen LogP contribution in [0.3, 0.4) is 0 Å². The molecular formula is C22H23F3N2O3. The first-order valence-electron chi connectivity index (χ1n) is 9.51. The molecule has 3 rings (SSSR count). The van der Waals surface area contributed by atoms with Crippen molar-refractivity contribution in [1.29, 1.82) is 0 Å². The Balaban J connectivity index is 1.87. The van der Waals surface area contributed by atoms with Crippen molar-refractivity contribution in [3.63, 3.8) is 0 Å². The number of aryl methyl sites for hydroxylation is 1. The van der Waals surface area contributed by atoms with Crippen LogP contribution in [0.25, 0.3) is 0 Å². The summed E-state index contributed by atoms with van der Waals surface area (Å²) in [5.74, 6) is -0.574. The lowest BCUT2D eigenvalue weighted by molar-refractivity contribution is -0.302. The molecule has 1 amide bonds. The second-order valence-electron chi connectivity index (χ2n) is 7.59. The minimum atomic E-state index is -5.09. The largest absolute Gasteiger partial charge is 0.483 e. The molecule has 30 heavy (non-hydrogen) atoms. The van der Waals surface area contributed by atoms with Crippen molar-refractivity contribution in [3.8, 4) is 5.75 Å². The Bertz CT molecular complexity index is 958. The third kappa shape index (κ3) is 4.18. The fourth-order valence-corrected chi connectivity index (χ4v) is 3.26. The monoisotopic (exact) mass is 420 g/mol. The summed E-state index contributed by atoms with van der Waals surface area (Å²) in [7, 11) is 0. The molecule has 1 aliphatic heterocycles. The van der Waals surface area contributed by atoms with Crippen molar-refractivity contribution in [2.75, 3.05) is 6.61 Å². The maximum atomic E-state index is 13.7. The number of alkyl halides is 3. The van der Waals surface area contributed by atoms with Crippen LogP contribution in [0.1, 0.15) is 42.9 Å². The molecule has 0 bridgehead atoms. The van der Waals surface area contributed by atoms with Gasteiger partial charge in [0.15, 0.2) is 6.61 Å². The SMILES string of the molecule is Cc1ccc(C(C)C)c(OCC(=O)N2N=C(c3ccccc3)C[C@]2(O)C(F)(F)F)c1. The van der Waals surface area contributed by atoms with E-state index in [0.29, 0.717) is 11.3 Å². The lowest BCUT2D eigenvalue weighted by atomic mass is 10.0. The van der Waals surface area contributed by atoms with Gasteiger partial charge in [-0.05, 0) is 35.6 Å². The summed E-state index contributed by atoms with van der Waals surface area (Å²) in [6, 6.07) is 13.6. The Morgan fingerprint density at radius 2 is 1.90 bits per heavy atom. The lowest BCUT2D eigenvalue weighted by Gasteiger charge is -2.32. The van der Waals surface area contributed by atoms with Gasteiger partial charge in [0.05, 0.1) is 12.1 Å². The summed E-state index contributed by atoms with van der Waals surface area (Å²) in [5.41, 5.74) is -1.33. The van der Waals surface area contributed by atoms with Gasteiger partial charge in [-0.1, -0.05) is 56.3 Å². The van der Waals surface area contributed by atoms with Crippen LogP contribution in [-0.2, 0) is 4.79 Å². The molecule has 0 aromatic heterocycles. The molecule has 0 aliphatic carbocycles. The Hall–Kier alpha value is -2.87. The lowest BCUT2D eigenvalue weighted by Crippen LogP contribution is -2.57. The van der Waals surface area contributed by atoms with Gasteiger partial charge in [0.1, 0.15) is 5.75 Å². The zero-order valence-electron chi connectivity index (χ0n) is 16.9. The molecule has 0 saturated carbocycles. The van der Waals surface area contributed by atoms with Crippen LogP contribution in [-0.4, -0.2) is 40.2 Å². The minimum absolute atomic E-state index is 0.0257. The van der Waals surface area contributed by atoms with Crippen LogP contribution >= 0.6 is 0 Å². The van der Waals surface area contributed by atoms with Gasteiger partial charge in [0.2, 0.25) is 0 Å². The predicted octanol–water partition coefficient (Wildman–Crippen LogP) is 4.38. The standard InChI is InChI=1S/C22H23F3N2O3/c1-14(2)17-10-9-15(3)11-19(17)30-13-20(28)27-21(29,22(23,24)25)12-18(26-27)16-7-5-4-6-8-16/h4-11,14,29H,12-13H2,1-3H3/t21-/m0/s1. The van der Waals surface area contributed by atoms with Gasteiger partial charge >= 0.3 is 6.18 Å². The highest BCUT2D eigenvalue weighted by atomic mass is 19.4. The van der Waals surface area contributed by atoms with Gasteiger partial charge in [-0.3, -0.25) is 4.79 Å². The number of amides is 1. The molecule has 2 aromatic carbocycles. The molecule has 2 aromatic rings. The minimum Gasteiger partial charge on any atom is -0.483 e. The quantitative estimate of drug-likeness (QED) is 0.781. The van der Waals surface area contributed by atoms with Crippen LogP contribution in [0.4, 0.5) is 13.2 Å². The number of ether oxygens (including phenoxy) is 1. The number of benzene rings is 2. The van der Waals surface area contributed by atoms with Crippen molar-refractivity contribution in [2.24, 2.45) is 5.10 Å². The average Bonchev–Trinajstić information content (AvgIpc) is 3.05. The molecule has 0 fully saturated rings. The second-order valence-corrected chi connectivity index (χ2v) is 7.59. The summed E-state index contributed by atoms with van der Waals surface area (Å²) in [6.45, 7) is 5.04. The molecular weight excluding hydrogens is 397 g/mol. The van der Waals surface area contributed by atoms with E-state index in [2.05, 4.69) is 5.10 Å². The molecule has 5 nitrogen and oxygen atoms in total. The highest BCUT2D eigenvalue weighted by Crippen LogP contribution is 2.41. The summed E-state index contributed by atoms with van der Waals surface area (Å²) < 4.78 is 46.6. The Morgan fingerprint density at radius 3 is 2.50 bits per heavy atom. The fourth-order valence-electron chi connectivity index (χ4n) is 3.26. The number of nitrogens with zero attached hydrogens (tertiary/aromatic N) is 2. The van der Waals surface area contributed by atoms with E-state index in [9.17, 15) is 23.1 Å². The number of hydrogen-bond acceptors (Lipinski definition) is 4. The van der Waals surface area contributed by atoms with Gasteiger partial charge < -0.3 is 9.84 Å². The number of carbonyl (C=O) groups is 1. The van der Waals surface area contributed by atoms with Crippen LogP contribution in [0, 0.1) is 6.92 Å². The van der Waals surface area contributed by atoms with E-state index in [1.165, 1.54) is 0 Å². The predicted molar refractivity (Wildman–Crippen MR) is 106 cm³/mol. The maximum absolute atomic E-state index is 13.7. The molecule has 1 N–H and O–H groups in total. The normalized spacial score (nSPS) is 19.2. The van der Waals surface area contributed by atoms with Crippen molar-refractivity contribution in [3.05, 3.63) is 65.2 Å². The average molecular weight is 420 g/mol. The highest BCUT2D eigenvalue weighted by molar-refractivity contribution is 6.03. The molecule has 0 radical (unpaired) electrons. The molecule has 1 atom stereocenters. The number of hydrogen-bond donors (Lipinski definition) is 1. The van der Waals surface area contributed by atoms with Crippen LogP contribution in [0.2, 0.25) is 0 Å². The Kier molecular flexibility index (Phi) is 5.90. The third-order valence-electron chi connectivity index (χ3n) is 4.92. The molecule has 0 spiro atoms. The van der Waals surface area contributed by atoms with Crippen LogP contribution < -0.4 is 4.74 Å². The first-order valence-corrected chi connectivity index (χ1v) is 9.51. The van der Waals surface area contributed by atoms with E-state index in [1.54, 1.807) is 36.4 Å². The maximum Gasteiger partial charge on any atom is 0.438 e. The summed E-state index contributed by atoms with van der Waals surface area (Å²) >= 11 is 0. The molecule has 8 heteroatoms. The van der Waals surface area contributed by atoms with E-state index < -0.39 is 30.8 Å². The number of hydrazone groups is 1. The van der Waals surface area contributed by atoms with Crippen molar-refractivity contribution >= 4 is 11.6 Å². The van der Waals surface area contributed by atoms with Gasteiger partial charge in [-0.2, -0.15) is 23.3 Å². The van der Waals surface area contributed by atoms with Crippen molar-refractivity contribution < 1.29 is 27.8 Å². The van der Waals surface area contributed by atoms with Crippen LogP contribution in [0.5, 0.6) is 5.75 Å². The molecule has 1 aliphatic rings. The van der Waals surface area contributed by atoms with E-state index in [0.717, 1.165) is 11.1 Å². The van der Waals surface area contributed by atoms with Gasteiger partial charge in [-0.25, -0.2) is 0 Å². The van der Waals surface area contributed by atoms with Gasteiger partial charge in [0.25, 0.3) is 11.6 Å². The Morgan fingerprint density at radius 1 is 1.23 bits per heavy atom. The highest BCUT2D eigenvalue weighted by Gasteiger charge is 2.63. The summed E-state index contributed by atoms with van der Waals surface area (Å²) in [5, 5.41) is 14.3. The zero-order chi connectivity index (χ0) is 22.1. The van der Waals surface area contributed by atoms with E-state index in [4.69, 9.17) is 4.74 Å². The third-order valence-corrected chi connectivity index (χ3v) is 4.92. The number of carbonyl (C=O) groups excluding carboxylic acids is 1. The first kappa shape index (κ1) is 21.8. The second kappa shape index (κ2) is 8.10. The van der Waals surface area contributed by atoms with Gasteiger partial charge in [0, 0.05) is 0 Å². The zero-order valence-corrected chi connectivity index (χ0v) is 16.9. The summed E-state index contributed by atoms with van der Waals surface area (Å²) in [4.78, 5) is 12.7. The van der Waals surface area contributed by atoms with Crippen molar-refractivity contribution in [1.82, 2.24) is 5.01 Å². The fraction of sp³-hybridized carbons (Fsp3) is 0.364.